The molecule has 0 bridgehead atoms. The second kappa shape index (κ2) is 8.68. The highest BCUT2D eigenvalue weighted by atomic mass is 19.4. The third-order valence-corrected chi connectivity index (χ3v) is 4.57. The van der Waals surface area contributed by atoms with Crippen LogP contribution in [0.2, 0.25) is 0 Å². The number of ether oxygens (including phenoxy) is 2. The molecule has 0 saturated carbocycles. The van der Waals surface area contributed by atoms with Crippen molar-refractivity contribution in [3.05, 3.63) is 23.8 Å². The van der Waals surface area contributed by atoms with Gasteiger partial charge in [0.05, 0.1) is 19.8 Å². The van der Waals surface area contributed by atoms with E-state index in [9.17, 15) is 22.8 Å². The minimum atomic E-state index is -4.53. The maximum Gasteiger partial charge on any atom is 0.405 e. The summed E-state index contributed by atoms with van der Waals surface area (Å²) < 4.78 is 47.7. The van der Waals surface area contributed by atoms with Crippen LogP contribution in [-0.4, -0.2) is 55.9 Å². The molecule has 3 amide bonds. The second-order valence-electron chi connectivity index (χ2n) is 6.73. The molecule has 7 nitrogen and oxygen atoms in total. The maximum absolute atomic E-state index is 12.1. The lowest BCUT2D eigenvalue weighted by atomic mass is 10.0. The van der Waals surface area contributed by atoms with Crippen LogP contribution in [0, 0.1) is 0 Å². The third kappa shape index (κ3) is 5.51. The summed E-state index contributed by atoms with van der Waals surface area (Å²) in [7, 11) is 0. The van der Waals surface area contributed by atoms with Crippen molar-refractivity contribution in [2.24, 2.45) is 0 Å². The number of carbonyl (C=O) groups is 2. The van der Waals surface area contributed by atoms with Crippen LogP contribution >= 0.6 is 0 Å². The molecular formula is C18H22F3N3O4. The number of carbonyl (C=O) groups excluding carboxylic acids is 2. The molecule has 3 rings (SSSR count). The zero-order chi connectivity index (χ0) is 20.1. The first-order chi connectivity index (χ1) is 13.3. The Morgan fingerprint density at radius 2 is 1.89 bits per heavy atom. The largest absolute Gasteiger partial charge is 0.490 e. The number of imide groups is 1. The first-order valence-corrected chi connectivity index (χ1v) is 9.10. The monoisotopic (exact) mass is 401 g/mol. The molecule has 0 unspecified atom stereocenters. The number of halogens is 3. The van der Waals surface area contributed by atoms with E-state index >= 15 is 0 Å². The van der Waals surface area contributed by atoms with E-state index in [2.05, 4.69) is 0 Å². The van der Waals surface area contributed by atoms with Gasteiger partial charge in [0.2, 0.25) is 5.91 Å². The lowest BCUT2D eigenvalue weighted by Crippen LogP contribution is -2.46. The van der Waals surface area contributed by atoms with Crippen LogP contribution in [0.4, 0.5) is 18.0 Å². The summed E-state index contributed by atoms with van der Waals surface area (Å²) in [6.07, 6.45) is -2.03. The van der Waals surface area contributed by atoms with Gasteiger partial charge in [-0.2, -0.15) is 13.2 Å². The van der Waals surface area contributed by atoms with Crippen molar-refractivity contribution in [1.29, 1.82) is 0 Å². The van der Waals surface area contributed by atoms with E-state index < -0.39 is 24.7 Å². The summed E-state index contributed by atoms with van der Waals surface area (Å²) in [4.78, 5) is 25.4. The van der Waals surface area contributed by atoms with Crippen LogP contribution in [0.25, 0.3) is 0 Å². The predicted molar refractivity (Wildman–Crippen MR) is 93.2 cm³/mol. The number of alkyl halides is 3. The van der Waals surface area contributed by atoms with Gasteiger partial charge < -0.3 is 14.8 Å². The van der Waals surface area contributed by atoms with Gasteiger partial charge in [0.25, 0.3) is 0 Å². The summed E-state index contributed by atoms with van der Waals surface area (Å²) in [6, 6.07) is 4.47. The molecule has 2 aliphatic rings. The van der Waals surface area contributed by atoms with Crippen LogP contribution in [0.15, 0.2) is 18.2 Å². The topological polar surface area (TPSA) is 79.9 Å². The van der Waals surface area contributed by atoms with Crippen LogP contribution in [0.1, 0.15) is 30.9 Å². The zero-order valence-electron chi connectivity index (χ0n) is 15.2. The Morgan fingerprint density at radius 3 is 2.64 bits per heavy atom. The van der Waals surface area contributed by atoms with Gasteiger partial charge in [-0.25, -0.2) is 4.79 Å². The number of hydrogen-bond acceptors (Lipinski definition) is 5. The minimum absolute atomic E-state index is 0.0406. The molecule has 0 radical (unpaired) electrons. The molecule has 10 heteroatoms. The third-order valence-electron chi connectivity index (χ3n) is 4.57. The number of nitrogens with one attached hydrogen (secondary N) is 2. The Bertz CT molecular complexity index is 727. The fourth-order valence-corrected chi connectivity index (χ4v) is 3.36. The molecule has 0 aliphatic carbocycles. The van der Waals surface area contributed by atoms with Crippen molar-refractivity contribution in [2.45, 2.75) is 31.5 Å². The van der Waals surface area contributed by atoms with Gasteiger partial charge in [-0.15, -0.1) is 0 Å². The zero-order valence-corrected chi connectivity index (χ0v) is 15.2. The molecule has 1 aromatic rings. The highest BCUT2D eigenvalue weighted by molar-refractivity contribution is 5.95. The van der Waals surface area contributed by atoms with Gasteiger partial charge in [0.1, 0.15) is 6.54 Å². The number of urea groups is 1. The maximum atomic E-state index is 12.1. The molecule has 0 spiro atoms. The number of fused-ring (bicyclic) bond motifs is 1. The predicted octanol–water partition coefficient (Wildman–Crippen LogP) is 2.37. The van der Waals surface area contributed by atoms with Gasteiger partial charge in [-0.3, -0.25) is 15.0 Å². The molecule has 28 heavy (non-hydrogen) atoms. The summed E-state index contributed by atoms with van der Waals surface area (Å²) >= 11 is 0. The Balaban J connectivity index is 1.58. The fourth-order valence-electron chi connectivity index (χ4n) is 3.36. The summed E-state index contributed by atoms with van der Waals surface area (Å²) in [6.45, 7) is 0.240. The molecule has 154 valence electrons. The highest BCUT2D eigenvalue weighted by Crippen LogP contribution is 2.37. The van der Waals surface area contributed by atoms with E-state index in [4.69, 9.17) is 9.47 Å². The van der Waals surface area contributed by atoms with Gasteiger partial charge >= 0.3 is 12.2 Å². The molecule has 0 aromatic heterocycles. The molecule has 1 fully saturated rings. The number of likely N-dealkylation sites (tertiary alicyclic amines) is 1. The van der Waals surface area contributed by atoms with E-state index in [-0.39, 0.29) is 12.6 Å². The lowest BCUT2D eigenvalue weighted by molar-refractivity contribution is -0.125. The molecular weight excluding hydrogens is 379 g/mol. The highest BCUT2D eigenvalue weighted by Gasteiger charge is 2.30. The minimum Gasteiger partial charge on any atom is -0.490 e. The Morgan fingerprint density at radius 1 is 1.14 bits per heavy atom. The normalized spacial score (nSPS) is 19.8. The molecule has 1 atom stereocenters. The van der Waals surface area contributed by atoms with Crippen molar-refractivity contribution >= 4 is 11.9 Å². The quantitative estimate of drug-likeness (QED) is 0.810. The first-order valence-electron chi connectivity index (χ1n) is 9.10. The number of hydrogen-bond donors (Lipinski definition) is 2. The van der Waals surface area contributed by atoms with Gasteiger partial charge in [0, 0.05) is 12.5 Å². The molecule has 2 heterocycles. The number of amides is 3. The number of rotatable bonds is 4. The van der Waals surface area contributed by atoms with Crippen molar-refractivity contribution in [1.82, 2.24) is 15.5 Å². The summed E-state index contributed by atoms with van der Waals surface area (Å²) in [5.74, 6) is 0.698. The summed E-state index contributed by atoms with van der Waals surface area (Å²) in [5, 5.41) is 3.55. The number of benzene rings is 1. The van der Waals surface area contributed by atoms with E-state index in [1.54, 1.807) is 5.32 Å². The summed E-state index contributed by atoms with van der Waals surface area (Å²) in [5.41, 5.74) is 0.969. The van der Waals surface area contributed by atoms with Crippen LogP contribution < -0.4 is 20.1 Å². The van der Waals surface area contributed by atoms with Crippen LogP contribution in [-0.2, 0) is 4.79 Å². The van der Waals surface area contributed by atoms with Crippen molar-refractivity contribution < 1.29 is 32.2 Å². The lowest BCUT2D eigenvalue weighted by Gasteiger charge is -2.24. The van der Waals surface area contributed by atoms with Gasteiger partial charge in [-0.1, -0.05) is 6.07 Å². The average molecular weight is 401 g/mol. The average Bonchev–Trinajstić information content (AvgIpc) is 2.94. The van der Waals surface area contributed by atoms with Gasteiger partial charge in [0.15, 0.2) is 11.5 Å². The Hall–Kier alpha value is -2.49. The van der Waals surface area contributed by atoms with Crippen LogP contribution in [0.3, 0.4) is 0 Å². The Kier molecular flexibility index (Phi) is 6.28. The number of nitrogens with zero attached hydrogens (tertiary/aromatic N) is 1. The standard InChI is InChI=1S/C18H22F3N3O4/c19-18(20,21)11-22-17(26)23-16(25)10-24-6-1-3-13(24)12-4-5-14-15(9-12)28-8-2-7-27-14/h4-5,9,13H,1-3,6-8,10-11H2,(H2,22,23,25,26)/t13-/m0/s1. The van der Waals surface area contributed by atoms with E-state index in [1.807, 2.05) is 28.4 Å². The van der Waals surface area contributed by atoms with Crippen molar-refractivity contribution in [3.63, 3.8) is 0 Å². The van der Waals surface area contributed by atoms with Crippen LogP contribution in [0.5, 0.6) is 11.5 Å². The van der Waals surface area contributed by atoms with Crippen molar-refractivity contribution in [2.75, 3.05) is 32.8 Å². The van der Waals surface area contributed by atoms with E-state index in [0.717, 1.165) is 24.8 Å². The van der Waals surface area contributed by atoms with Crippen molar-refractivity contribution in [3.8, 4) is 11.5 Å². The second-order valence-corrected chi connectivity index (χ2v) is 6.73. The first kappa shape index (κ1) is 20.2. The Labute approximate surface area is 160 Å². The fraction of sp³-hybridized carbons (Fsp3) is 0.556. The molecule has 1 saturated heterocycles. The molecule has 2 N–H and O–H groups in total. The molecule has 1 aromatic carbocycles. The molecule has 2 aliphatic heterocycles. The smallest absolute Gasteiger partial charge is 0.405 e. The van der Waals surface area contributed by atoms with E-state index in [1.165, 1.54) is 0 Å². The van der Waals surface area contributed by atoms with Gasteiger partial charge in [-0.05, 0) is 37.1 Å². The van der Waals surface area contributed by atoms with E-state index in [0.29, 0.717) is 31.3 Å². The SMILES string of the molecule is O=C(CN1CCC[C@H]1c1ccc2c(c1)OCCCO2)NC(=O)NCC(F)(F)F.